The quantitative estimate of drug-likeness (QED) is 0.404. The van der Waals surface area contributed by atoms with E-state index in [0.29, 0.717) is 60.8 Å². The van der Waals surface area contributed by atoms with Crippen molar-refractivity contribution >= 4 is 17.4 Å². The van der Waals surface area contributed by atoms with E-state index in [1.165, 1.54) is 25.3 Å². The molecule has 10 heteroatoms. The van der Waals surface area contributed by atoms with Gasteiger partial charge < -0.3 is 24.8 Å². The molecule has 0 radical (unpaired) electrons. The number of aromatic nitrogens is 2. The fraction of sp³-hybridized carbons (Fsp3) is 0.455. The van der Waals surface area contributed by atoms with Crippen molar-refractivity contribution in [2.45, 2.75) is 56.8 Å². The summed E-state index contributed by atoms with van der Waals surface area (Å²) < 4.78 is 11.5. The van der Waals surface area contributed by atoms with Crippen molar-refractivity contribution in [3.8, 4) is 23.2 Å². The van der Waals surface area contributed by atoms with Crippen LogP contribution in [0.3, 0.4) is 0 Å². The summed E-state index contributed by atoms with van der Waals surface area (Å²) in [4.78, 5) is 25.4. The Morgan fingerprint density at radius 2 is 1.81 bits per heavy atom. The first-order valence-corrected chi connectivity index (χ1v) is 15.2. The number of rotatable bonds is 8. The zero-order chi connectivity index (χ0) is 29.8. The van der Waals surface area contributed by atoms with Gasteiger partial charge in [0.05, 0.1) is 24.8 Å². The van der Waals surface area contributed by atoms with Gasteiger partial charge in [0.15, 0.2) is 5.82 Å². The van der Waals surface area contributed by atoms with Crippen molar-refractivity contribution in [2.75, 3.05) is 44.7 Å². The monoisotopic (exact) mass is 582 g/mol. The number of piperidine rings is 2. The molecule has 3 fully saturated rings. The molecular formula is C33H38N6O4. The van der Waals surface area contributed by atoms with Gasteiger partial charge in [-0.2, -0.15) is 5.26 Å². The van der Waals surface area contributed by atoms with Gasteiger partial charge in [-0.15, -0.1) is 0 Å². The van der Waals surface area contributed by atoms with Crippen LogP contribution < -0.4 is 10.1 Å². The second kappa shape index (κ2) is 13.1. The van der Waals surface area contributed by atoms with Crippen LogP contribution >= 0.6 is 0 Å². The third-order valence-electron chi connectivity index (χ3n) is 8.74. The number of anilines is 2. The third-order valence-corrected chi connectivity index (χ3v) is 8.74. The maximum absolute atomic E-state index is 12.0. The maximum Gasteiger partial charge on any atom is 0.251 e. The number of aliphatic hydroxyl groups is 1. The van der Waals surface area contributed by atoms with Gasteiger partial charge in [0, 0.05) is 43.4 Å². The minimum atomic E-state index is -1.00. The van der Waals surface area contributed by atoms with Crippen molar-refractivity contribution in [1.29, 1.82) is 5.26 Å². The molecule has 2 N–H and O–H groups in total. The van der Waals surface area contributed by atoms with E-state index in [2.05, 4.69) is 45.5 Å². The van der Waals surface area contributed by atoms with Crippen LogP contribution in [0.25, 0.3) is 11.4 Å². The molecule has 3 aliphatic rings. The molecule has 3 aromatic rings. The summed E-state index contributed by atoms with van der Waals surface area (Å²) in [6, 6.07) is 18.7. The van der Waals surface area contributed by atoms with Gasteiger partial charge in [-0.05, 0) is 80.7 Å². The second-order valence-electron chi connectivity index (χ2n) is 11.7. The van der Waals surface area contributed by atoms with Gasteiger partial charge in [0.25, 0.3) is 5.91 Å². The van der Waals surface area contributed by atoms with E-state index in [4.69, 9.17) is 14.5 Å². The molecule has 224 valence electrons. The number of benzene rings is 2. The Balaban J connectivity index is 1.06. The van der Waals surface area contributed by atoms with Crippen LogP contribution in [0.5, 0.6) is 5.75 Å². The Morgan fingerprint density at radius 3 is 2.47 bits per heavy atom. The molecule has 0 aliphatic carbocycles. The van der Waals surface area contributed by atoms with Crippen molar-refractivity contribution < 1.29 is 19.4 Å². The van der Waals surface area contributed by atoms with E-state index in [1.54, 1.807) is 23.2 Å². The molecule has 4 heterocycles. The lowest BCUT2D eigenvalue weighted by atomic mass is 9.88. The largest absolute Gasteiger partial charge is 0.489 e. The number of carbonyl (C=O) groups is 1. The summed E-state index contributed by atoms with van der Waals surface area (Å²) in [5.74, 6) is 2.01. The molecule has 0 unspecified atom stereocenters. The molecule has 0 spiro atoms. The Kier molecular flexibility index (Phi) is 8.84. The van der Waals surface area contributed by atoms with E-state index >= 15 is 0 Å². The summed E-state index contributed by atoms with van der Waals surface area (Å²) in [5.41, 5.74) is 3.47. The van der Waals surface area contributed by atoms with Gasteiger partial charge in [-0.25, -0.2) is 9.97 Å². The summed E-state index contributed by atoms with van der Waals surface area (Å²) in [5, 5.41) is 22.8. The third kappa shape index (κ3) is 6.80. The highest BCUT2D eigenvalue weighted by Crippen LogP contribution is 2.32. The van der Waals surface area contributed by atoms with E-state index < -0.39 is 6.10 Å². The van der Waals surface area contributed by atoms with Crippen LogP contribution in [0.15, 0.2) is 54.7 Å². The highest BCUT2D eigenvalue weighted by Gasteiger charge is 2.30. The summed E-state index contributed by atoms with van der Waals surface area (Å²) in [7, 11) is 0. The van der Waals surface area contributed by atoms with Crippen LogP contribution in [0.4, 0.5) is 11.5 Å². The lowest BCUT2D eigenvalue weighted by molar-refractivity contribution is -0.141. The van der Waals surface area contributed by atoms with Gasteiger partial charge in [-0.3, -0.25) is 9.69 Å². The maximum atomic E-state index is 12.0. The first-order chi connectivity index (χ1) is 21.0. The molecule has 43 heavy (non-hydrogen) atoms. The lowest BCUT2D eigenvalue weighted by Gasteiger charge is -2.41. The minimum Gasteiger partial charge on any atom is -0.489 e. The zero-order valence-corrected chi connectivity index (χ0v) is 24.5. The van der Waals surface area contributed by atoms with Crippen molar-refractivity contribution in [1.82, 2.24) is 19.8 Å². The molecule has 1 aromatic heterocycles. The average molecular weight is 583 g/mol. The van der Waals surface area contributed by atoms with Crippen molar-refractivity contribution in [2.24, 2.45) is 0 Å². The van der Waals surface area contributed by atoms with Gasteiger partial charge >= 0.3 is 0 Å². The molecule has 2 aromatic carbocycles. The van der Waals surface area contributed by atoms with Crippen molar-refractivity contribution in [3.05, 3.63) is 65.9 Å². The normalized spacial score (nSPS) is 19.3. The fourth-order valence-corrected chi connectivity index (χ4v) is 6.08. The number of hydrogen-bond donors (Lipinski definition) is 2. The van der Waals surface area contributed by atoms with Gasteiger partial charge in [-0.1, -0.05) is 12.1 Å². The van der Waals surface area contributed by atoms with E-state index in [0.717, 1.165) is 37.6 Å². The Morgan fingerprint density at radius 1 is 1.07 bits per heavy atom. The zero-order valence-electron chi connectivity index (χ0n) is 24.5. The summed E-state index contributed by atoms with van der Waals surface area (Å²) in [6.45, 7) is 6.54. The topological polar surface area (TPSA) is 124 Å². The molecule has 1 amide bonds. The van der Waals surface area contributed by atoms with Crippen LogP contribution in [0.1, 0.15) is 49.7 Å². The van der Waals surface area contributed by atoms with Crippen LogP contribution in [0, 0.1) is 11.3 Å². The number of nitriles is 1. The fourth-order valence-electron chi connectivity index (χ4n) is 6.08. The van der Waals surface area contributed by atoms with Crippen LogP contribution in [0.2, 0.25) is 0 Å². The second-order valence-corrected chi connectivity index (χ2v) is 11.7. The molecule has 0 bridgehead atoms. The molecule has 1 atom stereocenters. The van der Waals surface area contributed by atoms with E-state index in [1.807, 2.05) is 12.1 Å². The molecule has 3 aliphatic heterocycles. The molecule has 0 saturated carbocycles. The Labute approximate surface area is 252 Å². The van der Waals surface area contributed by atoms with Gasteiger partial charge in [0.2, 0.25) is 0 Å². The summed E-state index contributed by atoms with van der Waals surface area (Å²) in [6.07, 6.45) is 4.23. The Hall–Kier alpha value is -4.04. The number of hydrogen-bond acceptors (Lipinski definition) is 9. The predicted molar refractivity (Wildman–Crippen MR) is 162 cm³/mol. The van der Waals surface area contributed by atoms with Crippen LogP contribution in [-0.4, -0.2) is 88.4 Å². The molecule has 6 rings (SSSR count). The average Bonchev–Trinajstić information content (AvgIpc) is 3.01. The van der Waals surface area contributed by atoms with Gasteiger partial charge in [0.1, 0.15) is 29.8 Å². The minimum absolute atomic E-state index is 0.110. The molecule has 3 saturated heterocycles. The number of aliphatic hydroxyl groups excluding tert-OH is 1. The van der Waals surface area contributed by atoms with E-state index in [-0.39, 0.29) is 12.0 Å². The predicted octanol–water partition coefficient (Wildman–Crippen LogP) is 4.09. The first-order valence-electron chi connectivity index (χ1n) is 15.2. The highest BCUT2D eigenvalue weighted by molar-refractivity contribution is 5.80. The smallest absolute Gasteiger partial charge is 0.251 e. The molecular weight excluding hydrogens is 544 g/mol. The number of nitrogens with zero attached hydrogens (tertiary/aromatic N) is 5. The number of amides is 1. The highest BCUT2D eigenvalue weighted by atomic mass is 16.5. The van der Waals surface area contributed by atoms with Crippen molar-refractivity contribution in [3.63, 3.8) is 0 Å². The summed E-state index contributed by atoms with van der Waals surface area (Å²) >= 11 is 0. The standard InChI is InChI=1S/C33H38N6O4/c1-22(40)33(41)39-16-11-29(12-17-39)43-30-7-4-25(18-26(30)19-34)32-35-13-8-31(37-32)36-27-5-2-23(3-6-27)24-9-14-38(15-10-24)28-20-42-21-28/h2-8,13,18,22,24,28-29,40H,9-12,14-17,20-21H2,1H3,(H,35,36,37)/t22-/m0/s1. The number of ether oxygens (including phenoxy) is 2. The first kappa shape index (κ1) is 29.1. The lowest BCUT2D eigenvalue weighted by Crippen LogP contribution is -2.51. The van der Waals surface area contributed by atoms with E-state index in [9.17, 15) is 15.2 Å². The van der Waals surface area contributed by atoms with Crippen LogP contribution in [-0.2, 0) is 9.53 Å². The number of nitrogens with one attached hydrogen (secondary N) is 1. The SMILES string of the molecule is C[C@H](O)C(=O)N1CCC(Oc2ccc(-c3nccc(Nc4ccc(C5CCN(C6COC6)CC5)cc4)n3)cc2C#N)CC1. The number of carbonyl (C=O) groups excluding carboxylic acids is 1. The Bertz CT molecular complexity index is 1450. The molecule has 10 nitrogen and oxygen atoms in total. The number of likely N-dealkylation sites (tertiary alicyclic amines) is 2.